The van der Waals surface area contributed by atoms with Crippen LogP contribution in [0.2, 0.25) is 0 Å². The third kappa shape index (κ3) is 3.80. The van der Waals surface area contributed by atoms with Gasteiger partial charge in [0.2, 0.25) is 11.7 Å². The Kier molecular flexibility index (Phi) is 4.99. The number of nitrogens with one attached hydrogen (secondary N) is 1. The van der Waals surface area contributed by atoms with Gasteiger partial charge >= 0.3 is 0 Å². The first-order valence-corrected chi connectivity index (χ1v) is 8.32. The minimum absolute atomic E-state index is 0.0646. The maximum Gasteiger partial charge on any atom is 0.258 e. The summed E-state index contributed by atoms with van der Waals surface area (Å²) in [5.74, 6) is 2.06. The monoisotopic (exact) mass is 359 g/mol. The Morgan fingerprint density at radius 1 is 1.20 bits per heavy atom. The Morgan fingerprint density at radius 3 is 2.72 bits per heavy atom. The van der Waals surface area contributed by atoms with Gasteiger partial charge in [0.05, 0.1) is 25.6 Å². The highest BCUT2D eigenvalue weighted by molar-refractivity contribution is 7.15. The van der Waals surface area contributed by atoms with Gasteiger partial charge in [0.1, 0.15) is 0 Å². The van der Waals surface area contributed by atoms with Crippen molar-refractivity contribution in [1.29, 1.82) is 0 Å². The predicted molar refractivity (Wildman–Crippen MR) is 93.7 cm³/mol. The number of aromatic nitrogens is 2. The minimum atomic E-state index is -0.0646. The highest BCUT2D eigenvalue weighted by atomic mass is 32.1. The number of nitrogens with zero attached hydrogens (tertiary/aromatic N) is 2. The molecule has 7 nitrogen and oxygen atoms in total. The van der Waals surface area contributed by atoms with Gasteiger partial charge < -0.3 is 19.3 Å². The zero-order valence-electron chi connectivity index (χ0n) is 14.0. The maximum absolute atomic E-state index is 11.0. The van der Waals surface area contributed by atoms with Crippen molar-refractivity contribution in [1.82, 2.24) is 15.5 Å². The van der Waals surface area contributed by atoms with E-state index in [9.17, 15) is 4.79 Å². The molecule has 0 unspecified atom stereocenters. The lowest BCUT2D eigenvalue weighted by Crippen LogP contribution is -2.17. The van der Waals surface area contributed by atoms with Crippen LogP contribution in [0.1, 0.15) is 11.8 Å². The van der Waals surface area contributed by atoms with E-state index in [-0.39, 0.29) is 5.91 Å². The number of methoxy groups -OCH3 is 2. The van der Waals surface area contributed by atoms with Gasteiger partial charge in [0.25, 0.3) is 5.89 Å². The van der Waals surface area contributed by atoms with Gasteiger partial charge in [-0.1, -0.05) is 5.16 Å². The molecule has 130 valence electrons. The molecule has 3 aromatic rings. The Balaban J connectivity index is 1.82. The molecule has 0 aliphatic heterocycles. The quantitative estimate of drug-likeness (QED) is 0.728. The topological polar surface area (TPSA) is 86.5 Å². The van der Waals surface area contributed by atoms with Crippen molar-refractivity contribution < 1.29 is 18.8 Å². The summed E-state index contributed by atoms with van der Waals surface area (Å²) in [4.78, 5) is 17.3. The maximum atomic E-state index is 11.0. The third-order valence-electron chi connectivity index (χ3n) is 3.45. The molecule has 0 saturated heterocycles. The van der Waals surface area contributed by atoms with E-state index in [1.54, 1.807) is 26.4 Å². The van der Waals surface area contributed by atoms with Gasteiger partial charge in [0, 0.05) is 17.4 Å². The molecule has 0 aliphatic carbocycles. The first kappa shape index (κ1) is 17.0. The molecule has 0 aliphatic rings. The summed E-state index contributed by atoms with van der Waals surface area (Å²) in [6, 6.07) is 9.24. The average molecular weight is 359 g/mol. The summed E-state index contributed by atoms with van der Waals surface area (Å²) < 4.78 is 15.9. The van der Waals surface area contributed by atoms with E-state index in [4.69, 9.17) is 14.0 Å². The van der Waals surface area contributed by atoms with Gasteiger partial charge in [-0.25, -0.2) is 0 Å². The largest absolute Gasteiger partial charge is 0.493 e. The van der Waals surface area contributed by atoms with Crippen molar-refractivity contribution in [2.24, 2.45) is 0 Å². The van der Waals surface area contributed by atoms with Crippen molar-refractivity contribution in [3.8, 4) is 33.7 Å². The Morgan fingerprint density at radius 2 is 2.00 bits per heavy atom. The first-order valence-electron chi connectivity index (χ1n) is 7.50. The van der Waals surface area contributed by atoms with E-state index in [2.05, 4.69) is 15.5 Å². The lowest BCUT2D eigenvalue weighted by molar-refractivity contribution is -0.119. The van der Waals surface area contributed by atoms with Crippen LogP contribution < -0.4 is 14.8 Å². The van der Waals surface area contributed by atoms with Crippen LogP contribution >= 0.6 is 11.3 Å². The molecular weight excluding hydrogens is 342 g/mol. The number of thiophene rings is 1. The van der Waals surface area contributed by atoms with Crippen LogP contribution in [0.4, 0.5) is 0 Å². The predicted octanol–water partition coefficient (Wildman–Crippen LogP) is 3.12. The molecule has 3 rings (SSSR count). The number of benzene rings is 1. The van der Waals surface area contributed by atoms with E-state index >= 15 is 0 Å². The second-order valence-electron chi connectivity index (χ2n) is 5.17. The van der Waals surface area contributed by atoms with Crippen LogP contribution in [-0.4, -0.2) is 30.3 Å². The molecule has 2 heterocycles. The van der Waals surface area contributed by atoms with Gasteiger partial charge in [-0.3, -0.25) is 4.79 Å². The van der Waals surface area contributed by atoms with Gasteiger partial charge in [-0.2, -0.15) is 4.98 Å². The molecule has 8 heteroatoms. The second-order valence-corrected chi connectivity index (χ2v) is 6.34. The molecule has 1 N–H and O–H groups in total. The lowest BCUT2D eigenvalue weighted by atomic mass is 10.2. The Hall–Kier alpha value is -2.87. The van der Waals surface area contributed by atoms with E-state index < -0.39 is 0 Å². The molecule has 0 atom stereocenters. The third-order valence-corrected chi connectivity index (χ3v) is 4.53. The van der Waals surface area contributed by atoms with Crippen molar-refractivity contribution in [2.75, 3.05) is 14.2 Å². The summed E-state index contributed by atoms with van der Waals surface area (Å²) >= 11 is 1.51. The molecule has 25 heavy (non-hydrogen) atoms. The van der Waals surface area contributed by atoms with Gasteiger partial charge in [-0.05, 0) is 30.3 Å². The molecule has 1 aromatic carbocycles. The molecule has 0 spiro atoms. The van der Waals surface area contributed by atoms with Crippen LogP contribution in [0.25, 0.3) is 22.2 Å². The number of ether oxygens (including phenoxy) is 2. The van der Waals surface area contributed by atoms with E-state index in [1.807, 2.05) is 18.2 Å². The SMILES string of the molecule is COc1ccc(-c2nc(-c3ccc(CNC(C)=O)s3)no2)cc1OC. The van der Waals surface area contributed by atoms with Crippen LogP contribution in [0.15, 0.2) is 34.9 Å². The lowest BCUT2D eigenvalue weighted by Gasteiger charge is -2.07. The number of carbonyl (C=O) groups is 1. The molecule has 2 aromatic heterocycles. The normalized spacial score (nSPS) is 10.5. The van der Waals surface area contributed by atoms with E-state index in [0.717, 1.165) is 15.3 Å². The molecule has 0 fully saturated rings. The molecule has 0 radical (unpaired) electrons. The number of hydrogen-bond donors (Lipinski definition) is 1. The van der Waals surface area contributed by atoms with Crippen molar-refractivity contribution in [2.45, 2.75) is 13.5 Å². The second kappa shape index (κ2) is 7.35. The van der Waals surface area contributed by atoms with Crippen LogP contribution in [-0.2, 0) is 11.3 Å². The molecule has 0 bridgehead atoms. The van der Waals surface area contributed by atoms with E-state index in [1.165, 1.54) is 18.3 Å². The van der Waals surface area contributed by atoms with E-state index in [0.29, 0.717) is 29.8 Å². The Labute approximate surface area is 148 Å². The summed E-state index contributed by atoms with van der Waals surface area (Å²) in [5, 5.41) is 6.80. The molecular formula is C17H17N3O4S. The highest BCUT2D eigenvalue weighted by Crippen LogP contribution is 2.33. The minimum Gasteiger partial charge on any atom is -0.493 e. The standard InChI is InChI=1S/C17H17N3O4S/c1-10(21)18-9-12-5-7-15(25-12)16-19-17(24-20-16)11-4-6-13(22-2)14(8-11)23-3/h4-8H,9H2,1-3H3,(H,18,21). The highest BCUT2D eigenvalue weighted by Gasteiger charge is 2.15. The number of amides is 1. The number of rotatable bonds is 6. The summed E-state index contributed by atoms with van der Waals surface area (Å²) in [6.45, 7) is 1.98. The first-order chi connectivity index (χ1) is 12.1. The van der Waals surface area contributed by atoms with Gasteiger partial charge in [-0.15, -0.1) is 11.3 Å². The number of hydrogen-bond acceptors (Lipinski definition) is 7. The Bertz CT molecular complexity index is 888. The zero-order chi connectivity index (χ0) is 17.8. The van der Waals surface area contributed by atoms with Gasteiger partial charge in [0.15, 0.2) is 11.5 Å². The van der Waals surface area contributed by atoms with Crippen LogP contribution in [0.3, 0.4) is 0 Å². The summed E-state index contributed by atoms with van der Waals surface area (Å²) in [6.07, 6.45) is 0. The zero-order valence-corrected chi connectivity index (χ0v) is 14.8. The number of carbonyl (C=O) groups excluding carboxylic acids is 1. The fourth-order valence-corrected chi connectivity index (χ4v) is 3.09. The fraction of sp³-hybridized carbons (Fsp3) is 0.235. The van der Waals surface area contributed by atoms with Crippen molar-refractivity contribution in [3.63, 3.8) is 0 Å². The average Bonchev–Trinajstić information content (AvgIpc) is 3.28. The summed E-state index contributed by atoms with van der Waals surface area (Å²) in [7, 11) is 3.15. The van der Waals surface area contributed by atoms with Crippen LogP contribution in [0.5, 0.6) is 11.5 Å². The molecule has 0 saturated carbocycles. The smallest absolute Gasteiger partial charge is 0.258 e. The van der Waals surface area contributed by atoms with Crippen molar-refractivity contribution >= 4 is 17.2 Å². The molecule has 1 amide bonds. The van der Waals surface area contributed by atoms with Crippen LogP contribution in [0, 0.1) is 0 Å². The van der Waals surface area contributed by atoms with Crippen molar-refractivity contribution in [3.05, 3.63) is 35.2 Å². The fourth-order valence-electron chi connectivity index (χ4n) is 2.21. The summed E-state index contributed by atoms with van der Waals surface area (Å²) in [5.41, 5.74) is 0.742.